The standard InChI is InChI=1S/C24H24O4/c1-2-28-24(27)22-18-14-13-17(21(22)23(25)26)20(18)19(15-9-5-3-6-10-15)16-11-7-4-8-12-16/h3-12,17-18,21-22H,2,13-14H2,1H3,(H,25,26)/t17-,18-,21+,22-/m1/s1. The number of rotatable bonds is 5. The van der Waals surface area contributed by atoms with Crippen LogP contribution in [0.4, 0.5) is 0 Å². The number of benzene rings is 2. The molecule has 28 heavy (non-hydrogen) atoms. The van der Waals surface area contributed by atoms with Gasteiger partial charge in [-0.05, 0) is 48.3 Å². The van der Waals surface area contributed by atoms with Gasteiger partial charge in [-0.2, -0.15) is 0 Å². The summed E-state index contributed by atoms with van der Waals surface area (Å²) in [4.78, 5) is 24.8. The molecule has 2 aromatic carbocycles. The number of carbonyl (C=O) groups excluding carboxylic acids is 1. The van der Waals surface area contributed by atoms with Crippen molar-refractivity contribution >= 4 is 17.5 Å². The Morgan fingerprint density at radius 1 is 0.893 bits per heavy atom. The average molecular weight is 376 g/mol. The fraction of sp³-hybridized carbons (Fsp3) is 0.333. The van der Waals surface area contributed by atoms with Gasteiger partial charge in [0.15, 0.2) is 0 Å². The van der Waals surface area contributed by atoms with Crippen LogP contribution in [0.25, 0.3) is 5.57 Å². The third-order valence-corrected chi connectivity index (χ3v) is 6.10. The van der Waals surface area contributed by atoms with E-state index in [1.807, 2.05) is 36.4 Å². The molecule has 4 rings (SSSR count). The smallest absolute Gasteiger partial charge is 0.310 e. The maximum absolute atomic E-state index is 12.7. The topological polar surface area (TPSA) is 63.6 Å². The quantitative estimate of drug-likeness (QED) is 0.785. The zero-order chi connectivity index (χ0) is 19.7. The number of hydrogen-bond donors (Lipinski definition) is 1. The van der Waals surface area contributed by atoms with Crippen molar-refractivity contribution in [3.63, 3.8) is 0 Å². The molecular formula is C24H24O4. The van der Waals surface area contributed by atoms with Crippen LogP contribution in [0, 0.1) is 23.7 Å². The lowest BCUT2D eigenvalue weighted by Crippen LogP contribution is -2.35. The van der Waals surface area contributed by atoms with Crippen LogP contribution in [-0.2, 0) is 14.3 Å². The second kappa shape index (κ2) is 7.63. The molecule has 0 aromatic heterocycles. The number of ether oxygens (including phenoxy) is 1. The minimum absolute atomic E-state index is 0.0828. The van der Waals surface area contributed by atoms with Gasteiger partial charge in [-0.1, -0.05) is 66.2 Å². The Kier molecular flexibility index (Phi) is 5.03. The number of carbonyl (C=O) groups is 2. The predicted octanol–water partition coefficient (Wildman–Crippen LogP) is 4.41. The van der Waals surface area contributed by atoms with E-state index in [-0.39, 0.29) is 24.4 Å². The van der Waals surface area contributed by atoms with Crippen LogP contribution in [0.2, 0.25) is 0 Å². The molecule has 4 atom stereocenters. The van der Waals surface area contributed by atoms with Crippen LogP contribution >= 0.6 is 0 Å². The second-order valence-electron chi connectivity index (χ2n) is 7.49. The fourth-order valence-electron chi connectivity index (χ4n) is 5.15. The summed E-state index contributed by atoms with van der Waals surface area (Å²) in [7, 11) is 0. The van der Waals surface area contributed by atoms with E-state index in [2.05, 4.69) is 24.3 Å². The summed E-state index contributed by atoms with van der Waals surface area (Å²) in [6, 6.07) is 20.2. The van der Waals surface area contributed by atoms with Crippen molar-refractivity contribution in [1.29, 1.82) is 0 Å². The highest BCUT2D eigenvalue weighted by Crippen LogP contribution is 2.59. The molecule has 2 saturated carbocycles. The van der Waals surface area contributed by atoms with Gasteiger partial charge in [0.25, 0.3) is 0 Å². The molecule has 4 heteroatoms. The van der Waals surface area contributed by atoms with Crippen LogP contribution in [0.15, 0.2) is 66.2 Å². The van der Waals surface area contributed by atoms with E-state index < -0.39 is 17.8 Å². The molecule has 2 bridgehead atoms. The Morgan fingerprint density at radius 3 is 1.86 bits per heavy atom. The molecule has 0 saturated heterocycles. The lowest BCUT2D eigenvalue weighted by molar-refractivity contribution is -0.159. The summed E-state index contributed by atoms with van der Waals surface area (Å²) in [5.74, 6) is -2.81. The number of carboxylic acids is 1. The molecule has 0 unspecified atom stereocenters. The van der Waals surface area contributed by atoms with E-state index in [1.165, 1.54) is 0 Å². The zero-order valence-electron chi connectivity index (χ0n) is 15.9. The number of fused-ring (bicyclic) bond motifs is 2. The van der Waals surface area contributed by atoms with Gasteiger partial charge < -0.3 is 9.84 Å². The van der Waals surface area contributed by atoms with Crippen molar-refractivity contribution < 1.29 is 19.4 Å². The molecule has 2 fully saturated rings. The van der Waals surface area contributed by atoms with Gasteiger partial charge in [-0.25, -0.2) is 0 Å². The van der Waals surface area contributed by atoms with Crippen molar-refractivity contribution in [1.82, 2.24) is 0 Å². The van der Waals surface area contributed by atoms with Crippen LogP contribution in [0.5, 0.6) is 0 Å². The SMILES string of the molecule is CCOC(=O)[C@H]1[C@@H](C(=O)O)[C@@H]2CC[C@@H]1C2=C(c1ccccc1)c1ccccc1. The second-order valence-corrected chi connectivity index (χ2v) is 7.49. The van der Waals surface area contributed by atoms with Crippen LogP contribution in [0.3, 0.4) is 0 Å². The van der Waals surface area contributed by atoms with Crippen LogP contribution < -0.4 is 0 Å². The Bertz CT molecular complexity index is 859. The van der Waals surface area contributed by atoms with Gasteiger partial charge >= 0.3 is 11.9 Å². The summed E-state index contributed by atoms with van der Waals surface area (Å²) in [6.45, 7) is 2.03. The fourth-order valence-corrected chi connectivity index (χ4v) is 5.15. The van der Waals surface area contributed by atoms with Gasteiger partial charge in [-0.3, -0.25) is 9.59 Å². The molecule has 0 amide bonds. The van der Waals surface area contributed by atoms with E-state index in [0.717, 1.165) is 35.1 Å². The summed E-state index contributed by atoms with van der Waals surface area (Å²) in [5.41, 5.74) is 4.32. The van der Waals surface area contributed by atoms with Crippen molar-refractivity contribution in [3.05, 3.63) is 77.4 Å². The van der Waals surface area contributed by atoms with Crippen molar-refractivity contribution in [2.75, 3.05) is 6.61 Å². The maximum Gasteiger partial charge on any atom is 0.310 e. The first-order valence-electron chi connectivity index (χ1n) is 9.87. The van der Waals surface area contributed by atoms with Crippen molar-refractivity contribution in [2.45, 2.75) is 19.8 Å². The minimum atomic E-state index is -0.900. The molecule has 2 aliphatic carbocycles. The molecule has 0 heterocycles. The highest BCUT2D eigenvalue weighted by Gasteiger charge is 2.58. The largest absolute Gasteiger partial charge is 0.481 e. The molecule has 0 radical (unpaired) electrons. The summed E-state index contributed by atoms with van der Waals surface area (Å²) in [6.07, 6.45) is 1.63. The van der Waals surface area contributed by atoms with E-state index in [9.17, 15) is 14.7 Å². The van der Waals surface area contributed by atoms with Crippen LogP contribution in [0.1, 0.15) is 30.9 Å². The summed E-state index contributed by atoms with van der Waals surface area (Å²) in [5, 5.41) is 9.93. The predicted molar refractivity (Wildman–Crippen MR) is 106 cm³/mol. The Morgan fingerprint density at radius 2 is 1.39 bits per heavy atom. The van der Waals surface area contributed by atoms with Crippen molar-refractivity contribution in [2.24, 2.45) is 23.7 Å². The van der Waals surface area contributed by atoms with Gasteiger partial charge in [0, 0.05) is 0 Å². The van der Waals surface area contributed by atoms with Gasteiger partial charge in [0.05, 0.1) is 18.4 Å². The van der Waals surface area contributed by atoms with Crippen LogP contribution in [-0.4, -0.2) is 23.7 Å². The number of carboxylic acid groups (broad SMARTS) is 1. The van der Waals surface area contributed by atoms with Gasteiger partial charge in [-0.15, -0.1) is 0 Å². The van der Waals surface area contributed by atoms with E-state index in [1.54, 1.807) is 6.92 Å². The molecule has 0 aliphatic heterocycles. The third-order valence-electron chi connectivity index (χ3n) is 6.10. The first-order valence-corrected chi connectivity index (χ1v) is 9.87. The van der Waals surface area contributed by atoms with Gasteiger partial charge in [0.2, 0.25) is 0 Å². The monoisotopic (exact) mass is 376 g/mol. The normalized spacial score (nSPS) is 25.5. The maximum atomic E-state index is 12.7. The molecule has 0 spiro atoms. The Hall–Kier alpha value is -2.88. The molecule has 1 N–H and O–H groups in total. The Balaban J connectivity index is 1.92. The molecular weight excluding hydrogens is 352 g/mol. The summed E-state index contributed by atoms with van der Waals surface area (Å²) >= 11 is 0. The first kappa shape index (κ1) is 18.5. The summed E-state index contributed by atoms with van der Waals surface area (Å²) < 4.78 is 5.27. The number of esters is 1. The Labute approximate surface area is 164 Å². The molecule has 2 aromatic rings. The highest BCUT2D eigenvalue weighted by atomic mass is 16.5. The number of allylic oxidation sites excluding steroid dienone is 1. The lowest BCUT2D eigenvalue weighted by Gasteiger charge is -2.25. The number of hydrogen-bond acceptors (Lipinski definition) is 3. The molecule has 144 valence electrons. The van der Waals surface area contributed by atoms with E-state index in [4.69, 9.17) is 4.74 Å². The van der Waals surface area contributed by atoms with E-state index >= 15 is 0 Å². The minimum Gasteiger partial charge on any atom is -0.481 e. The zero-order valence-corrected chi connectivity index (χ0v) is 15.9. The number of aliphatic carboxylic acids is 1. The lowest BCUT2D eigenvalue weighted by atomic mass is 9.79. The van der Waals surface area contributed by atoms with Crippen molar-refractivity contribution in [3.8, 4) is 0 Å². The highest BCUT2D eigenvalue weighted by molar-refractivity contribution is 5.89. The van der Waals surface area contributed by atoms with Gasteiger partial charge in [0.1, 0.15) is 0 Å². The first-order chi connectivity index (χ1) is 13.6. The average Bonchev–Trinajstić information content (AvgIpc) is 3.26. The molecule has 2 aliphatic rings. The third kappa shape index (κ3) is 3.03. The molecule has 4 nitrogen and oxygen atoms in total. The van der Waals surface area contributed by atoms with E-state index in [0.29, 0.717) is 0 Å².